The number of benzene rings is 1. The van der Waals surface area contributed by atoms with Crippen LogP contribution in [0.25, 0.3) is 11.3 Å². The van der Waals surface area contributed by atoms with E-state index in [1.807, 2.05) is 10.9 Å². The van der Waals surface area contributed by atoms with Crippen LogP contribution in [0.1, 0.15) is 42.1 Å². The number of aromatic nitrogens is 3. The standard InChI is InChI=1S/C24H28FN5O/c1-2-10-30-17-18(14-27-30)16-29-11-8-22(9-12-29)28-24(31)20-6-7-23(26-15-20)19-4-3-5-21(25)13-19/h3-7,13-15,17,22H,2,8-12,16H2,1H3,(H,28,31). The summed E-state index contributed by atoms with van der Waals surface area (Å²) < 4.78 is 15.4. The zero-order valence-corrected chi connectivity index (χ0v) is 17.8. The Labute approximate surface area is 182 Å². The number of nitrogens with zero attached hydrogens (tertiary/aromatic N) is 4. The average Bonchev–Trinajstić information content (AvgIpc) is 3.22. The van der Waals surface area contributed by atoms with E-state index in [-0.39, 0.29) is 17.8 Å². The van der Waals surface area contributed by atoms with Crippen molar-refractivity contribution in [2.75, 3.05) is 13.1 Å². The van der Waals surface area contributed by atoms with Gasteiger partial charge in [-0.3, -0.25) is 19.4 Å². The zero-order chi connectivity index (χ0) is 21.6. The highest BCUT2D eigenvalue weighted by atomic mass is 19.1. The first-order valence-corrected chi connectivity index (χ1v) is 10.9. The minimum absolute atomic E-state index is 0.113. The monoisotopic (exact) mass is 421 g/mol. The van der Waals surface area contributed by atoms with E-state index in [0.29, 0.717) is 16.8 Å². The predicted molar refractivity (Wildman–Crippen MR) is 118 cm³/mol. The molecule has 6 nitrogen and oxygen atoms in total. The topological polar surface area (TPSA) is 63.0 Å². The van der Waals surface area contributed by atoms with Gasteiger partial charge < -0.3 is 5.32 Å². The fourth-order valence-corrected chi connectivity index (χ4v) is 3.95. The van der Waals surface area contributed by atoms with Gasteiger partial charge in [0.15, 0.2) is 0 Å². The number of hydrogen-bond donors (Lipinski definition) is 1. The Morgan fingerprint density at radius 3 is 2.74 bits per heavy atom. The van der Waals surface area contributed by atoms with Crippen molar-refractivity contribution in [3.05, 3.63) is 71.9 Å². The molecule has 0 saturated carbocycles. The van der Waals surface area contributed by atoms with Crippen LogP contribution in [-0.2, 0) is 13.1 Å². The van der Waals surface area contributed by atoms with Crippen LogP contribution in [0.5, 0.6) is 0 Å². The normalized spacial score (nSPS) is 15.2. The van der Waals surface area contributed by atoms with Crippen LogP contribution in [0.4, 0.5) is 4.39 Å². The number of hydrogen-bond acceptors (Lipinski definition) is 4. The van der Waals surface area contributed by atoms with Gasteiger partial charge in [-0.2, -0.15) is 5.10 Å². The number of halogens is 1. The van der Waals surface area contributed by atoms with Crippen LogP contribution in [0.3, 0.4) is 0 Å². The summed E-state index contributed by atoms with van der Waals surface area (Å²) in [6.45, 7) is 5.89. The summed E-state index contributed by atoms with van der Waals surface area (Å²) in [5.74, 6) is -0.417. The minimum atomic E-state index is -0.303. The zero-order valence-electron chi connectivity index (χ0n) is 17.8. The van der Waals surface area contributed by atoms with Crippen molar-refractivity contribution >= 4 is 5.91 Å². The van der Waals surface area contributed by atoms with Crippen molar-refractivity contribution in [3.63, 3.8) is 0 Å². The number of aryl methyl sites for hydroxylation is 1. The van der Waals surface area contributed by atoms with Gasteiger partial charge in [-0.15, -0.1) is 0 Å². The molecule has 1 saturated heterocycles. The first kappa shape index (κ1) is 21.2. The summed E-state index contributed by atoms with van der Waals surface area (Å²) in [5.41, 5.74) is 3.09. The Kier molecular flexibility index (Phi) is 6.72. The second kappa shape index (κ2) is 9.83. The molecular formula is C24H28FN5O. The van der Waals surface area contributed by atoms with Crippen LogP contribution in [0.15, 0.2) is 55.0 Å². The smallest absolute Gasteiger partial charge is 0.253 e. The molecule has 162 valence electrons. The molecule has 3 aromatic rings. The van der Waals surface area contributed by atoms with E-state index in [2.05, 4.69) is 33.4 Å². The highest BCUT2D eigenvalue weighted by Gasteiger charge is 2.21. The van der Waals surface area contributed by atoms with E-state index < -0.39 is 0 Å². The van der Waals surface area contributed by atoms with Crippen molar-refractivity contribution in [1.82, 2.24) is 25.0 Å². The Bertz CT molecular complexity index is 1010. The largest absolute Gasteiger partial charge is 0.349 e. The van der Waals surface area contributed by atoms with Crippen LogP contribution >= 0.6 is 0 Å². The summed E-state index contributed by atoms with van der Waals surface area (Å²) in [7, 11) is 0. The van der Waals surface area contributed by atoms with Crippen molar-refractivity contribution in [2.24, 2.45) is 0 Å². The molecule has 1 amide bonds. The molecule has 1 aliphatic heterocycles. The molecule has 7 heteroatoms. The molecule has 3 heterocycles. The number of rotatable bonds is 7. The number of nitrogens with one attached hydrogen (secondary N) is 1. The van der Waals surface area contributed by atoms with E-state index in [9.17, 15) is 9.18 Å². The number of carbonyl (C=O) groups excluding carboxylic acids is 1. The molecule has 0 bridgehead atoms. The summed E-state index contributed by atoms with van der Waals surface area (Å²) >= 11 is 0. The molecule has 31 heavy (non-hydrogen) atoms. The maximum absolute atomic E-state index is 13.4. The van der Waals surface area contributed by atoms with Gasteiger partial charge in [-0.25, -0.2) is 4.39 Å². The van der Waals surface area contributed by atoms with Crippen molar-refractivity contribution < 1.29 is 9.18 Å². The maximum atomic E-state index is 13.4. The van der Waals surface area contributed by atoms with Gasteiger partial charge in [0.2, 0.25) is 0 Å². The third kappa shape index (κ3) is 5.55. The predicted octanol–water partition coefficient (Wildman–Crippen LogP) is 3.89. The highest BCUT2D eigenvalue weighted by molar-refractivity contribution is 5.94. The molecule has 0 atom stereocenters. The fourth-order valence-electron chi connectivity index (χ4n) is 3.95. The average molecular weight is 422 g/mol. The molecule has 4 rings (SSSR count). The van der Waals surface area contributed by atoms with E-state index in [1.54, 1.807) is 30.5 Å². The molecule has 0 aliphatic carbocycles. The molecule has 1 aliphatic rings. The molecule has 0 spiro atoms. The van der Waals surface area contributed by atoms with Crippen molar-refractivity contribution in [3.8, 4) is 11.3 Å². The van der Waals surface area contributed by atoms with E-state index >= 15 is 0 Å². The number of amides is 1. The quantitative estimate of drug-likeness (QED) is 0.629. The van der Waals surface area contributed by atoms with Crippen LogP contribution in [-0.4, -0.2) is 44.7 Å². The fraction of sp³-hybridized carbons (Fsp3) is 0.375. The van der Waals surface area contributed by atoms with Gasteiger partial charge in [0.05, 0.1) is 17.5 Å². The van der Waals surface area contributed by atoms with Crippen LogP contribution in [0, 0.1) is 5.82 Å². The number of likely N-dealkylation sites (tertiary alicyclic amines) is 1. The lowest BCUT2D eigenvalue weighted by atomic mass is 10.0. The van der Waals surface area contributed by atoms with E-state index in [4.69, 9.17) is 0 Å². The number of pyridine rings is 1. The lowest BCUT2D eigenvalue weighted by molar-refractivity contribution is 0.0908. The summed E-state index contributed by atoms with van der Waals surface area (Å²) in [6, 6.07) is 9.94. The van der Waals surface area contributed by atoms with Crippen molar-refractivity contribution in [2.45, 2.75) is 45.3 Å². The SMILES string of the molecule is CCCn1cc(CN2CCC(NC(=O)c3ccc(-c4cccc(F)c4)nc3)CC2)cn1. The summed E-state index contributed by atoms with van der Waals surface area (Å²) in [4.78, 5) is 19.4. The third-order valence-electron chi connectivity index (χ3n) is 5.61. The summed E-state index contributed by atoms with van der Waals surface area (Å²) in [5, 5.41) is 7.52. The molecule has 1 fully saturated rings. The Hall–Kier alpha value is -3.06. The second-order valence-corrected chi connectivity index (χ2v) is 8.08. The minimum Gasteiger partial charge on any atom is -0.349 e. The lowest BCUT2D eigenvalue weighted by Crippen LogP contribution is -2.44. The van der Waals surface area contributed by atoms with Gasteiger partial charge in [-0.1, -0.05) is 19.1 Å². The Morgan fingerprint density at radius 2 is 2.03 bits per heavy atom. The second-order valence-electron chi connectivity index (χ2n) is 8.08. The van der Waals surface area contributed by atoms with Gasteiger partial charge in [-0.05, 0) is 43.5 Å². The molecule has 1 aromatic carbocycles. The van der Waals surface area contributed by atoms with Crippen LogP contribution < -0.4 is 5.32 Å². The Balaban J connectivity index is 1.26. The summed E-state index contributed by atoms with van der Waals surface area (Å²) in [6.07, 6.45) is 8.54. The van der Waals surface area contributed by atoms with Crippen LogP contribution in [0.2, 0.25) is 0 Å². The Morgan fingerprint density at radius 1 is 1.19 bits per heavy atom. The van der Waals surface area contributed by atoms with Gasteiger partial charge >= 0.3 is 0 Å². The molecule has 0 unspecified atom stereocenters. The van der Waals surface area contributed by atoms with Crippen molar-refractivity contribution in [1.29, 1.82) is 0 Å². The van der Waals surface area contributed by atoms with Gasteiger partial charge in [0, 0.05) is 55.7 Å². The third-order valence-corrected chi connectivity index (χ3v) is 5.61. The number of carbonyl (C=O) groups is 1. The molecule has 1 N–H and O–H groups in total. The highest BCUT2D eigenvalue weighted by Crippen LogP contribution is 2.19. The maximum Gasteiger partial charge on any atom is 0.253 e. The molecular weight excluding hydrogens is 393 g/mol. The first-order chi connectivity index (χ1) is 15.1. The van der Waals surface area contributed by atoms with Gasteiger partial charge in [0.1, 0.15) is 5.82 Å². The number of piperidine rings is 1. The van der Waals surface area contributed by atoms with E-state index in [1.165, 1.54) is 17.7 Å². The molecule has 2 aromatic heterocycles. The molecule has 0 radical (unpaired) electrons. The lowest BCUT2D eigenvalue weighted by Gasteiger charge is -2.32. The van der Waals surface area contributed by atoms with Gasteiger partial charge in [0.25, 0.3) is 5.91 Å². The van der Waals surface area contributed by atoms with E-state index in [0.717, 1.165) is 45.4 Å². The first-order valence-electron chi connectivity index (χ1n) is 10.9.